The lowest BCUT2D eigenvalue weighted by atomic mass is 9.70. The van der Waals surface area contributed by atoms with Crippen molar-refractivity contribution in [3.05, 3.63) is 47.7 Å². The molecule has 6 heteroatoms. The third-order valence-electron chi connectivity index (χ3n) is 5.21. The lowest BCUT2D eigenvalue weighted by Gasteiger charge is -2.40. The zero-order valence-electron chi connectivity index (χ0n) is 17.9. The van der Waals surface area contributed by atoms with Gasteiger partial charge in [-0.15, -0.1) is 0 Å². The van der Waals surface area contributed by atoms with Crippen molar-refractivity contribution < 1.29 is 4.79 Å². The number of nitrogens with zero attached hydrogens (tertiary/aromatic N) is 3. The zero-order chi connectivity index (χ0) is 20.8. The first-order valence-electron chi connectivity index (χ1n) is 10.0. The number of rotatable bonds is 4. The third-order valence-corrected chi connectivity index (χ3v) is 5.21. The number of carbonyl (C=O) groups is 1. The van der Waals surface area contributed by atoms with Gasteiger partial charge in [0.2, 0.25) is 6.41 Å². The van der Waals surface area contributed by atoms with Crippen molar-refractivity contribution >= 4 is 12.2 Å². The molecular weight excluding hydrogens is 350 g/mol. The van der Waals surface area contributed by atoms with Crippen LogP contribution < -0.4 is 11.1 Å². The second kappa shape index (κ2) is 9.34. The number of carbonyl (C=O) groups excluding carboxylic acids is 1. The van der Waals surface area contributed by atoms with Crippen LogP contribution in [0.4, 0.5) is 5.82 Å². The molecule has 1 saturated heterocycles. The molecule has 6 nitrogen and oxygen atoms in total. The van der Waals surface area contributed by atoms with Crippen LogP contribution in [-0.2, 0) is 15.7 Å². The maximum absolute atomic E-state index is 11.1. The van der Waals surface area contributed by atoms with Crippen LogP contribution in [0, 0.1) is 0 Å². The van der Waals surface area contributed by atoms with Crippen LogP contribution in [0.15, 0.2) is 36.4 Å². The van der Waals surface area contributed by atoms with Crippen LogP contribution in [0.25, 0.3) is 0 Å². The van der Waals surface area contributed by atoms with Gasteiger partial charge in [0, 0.05) is 11.5 Å². The molecule has 0 saturated carbocycles. The molecule has 1 aliphatic rings. The summed E-state index contributed by atoms with van der Waals surface area (Å²) < 4.78 is 1.93. The van der Waals surface area contributed by atoms with Crippen LogP contribution in [-0.4, -0.2) is 47.8 Å². The minimum absolute atomic E-state index is 0.108. The molecular formula is C22H35N5O. The predicted octanol–water partition coefficient (Wildman–Crippen LogP) is 3.18. The van der Waals surface area contributed by atoms with Crippen molar-refractivity contribution in [2.75, 3.05) is 32.0 Å². The van der Waals surface area contributed by atoms with E-state index in [1.54, 1.807) is 0 Å². The van der Waals surface area contributed by atoms with Crippen LogP contribution in [0.1, 0.15) is 51.8 Å². The van der Waals surface area contributed by atoms with E-state index >= 15 is 0 Å². The molecule has 1 amide bonds. The number of benzene rings is 1. The fraction of sp³-hybridized carbons (Fsp3) is 0.545. The fourth-order valence-corrected chi connectivity index (χ4v) is 3.74. The summed E-state index contributed by atoms with van der Waals surface area (Å²) in [5, 5.41) is 7.80. The molecule has 28 heavy (non-hydrogen) atoms. The summed E-state index contributed by atoms with van der Waals surface area (Å²) in [6.45, 7) is 11.0. The van der Waals surface area contributed by atoms with E-state index in [1.165, 1.54) is 5.56 Å². The van der Waals surface area contributed by atoms with Crippen molar-refractivity contribution in [3.8, 4) is 0 Å². The normalized spacial score (nSPS) is 16.8. The third kappa shape index (κ3) is 4.80. The minimum Gasteiger partial charge on any atom is -0.331 e. The fourth-order valence-electron chi connectivity index (χ4n) is 3.74. The zero-order valence-corrected chi connectivity index (χ0v) is 17.9. The molecule has 0 unspecified atom stereocenters. The van der Waals surface area contributed by atoms with Gasteiger partial charge in [0.05, 0.1) is 11.2 Å². The quantitative estimate of drug-likeness (QED) is 0.793. The summed E-state index contributed by atoms with van der Waals surface area (Å²) in [6.07, 6.45) is 2.78. The summed E-state index contributed by atoms with van der Waals surface area (Å²) >= 11 is 0. The molecule has 0 bridgehead atoms. The largest absolute Gasteiger partial charge is 0.331 e. The smallest absolute Gasteiger partial charge is 0.212 e. The Morgan fingerprint density at radius 2 is 1.79 bits per heavy atom. The number of aromatic nitrogens is 2. The minimum atomic E-state index is -0.201. The highest BCUT2D eigenvalue weighted by Gasteiger charge is 2.40. The van der Waals surface area contributed by atoms with Crippen molar-refractivity contribution in [1.82, 2.24) is 14.7 Å². The summed E-state index contributed by atoms with van der Waals surface area (Å²) in [5.41, 5.74) is 6.89. The van der Waals surface area contributed by atoms with E-state index in [-0.39, 0.29) is 11.0 Å². The lowest BCUT2D eigenvalue weighted by Crippen LogP contribution is -2.42. The number of likely N-dealkylation sites (tertiary alicyclic amines) is 1. The van der Waals surface area contributed by atoms with Crippen molar-refractivity contribution in [2.45, 2.75) is 51.5 Å². The monoisotopic (exact) mass is 385 g/mol. The molecule has 3 N–H and O–H groups in total. The molecule has 2 heterocycles. The van der Waals surface area contributed by atoms with Gasteiger partial charge in [-0.3, -0.25) is 4.79 Å². The molecule has 2 aromatic rings. The molecule has 0 aliphatic carbocycles. The number of nitrogens with one attached hydrogen (secondary N) is 1. The van der Waals surface area contributed by atoms with Gasteiger partial charge < -0.3 is 16.0 Å². The van der Waals surface area contributed by atoms with Crippen LogP contribution in [0.3, 0.4) is 0 Å². The number of hydrogen-bond donors (Lipinski definition) is 2. The highest BCUT2D eigenvalue weighted by atomic mass is 16.1. The number of anilines is 1. The van der Waals surface area contributed by atoms with Gasteiger partial charge in [0.25, 0.3) is 0 Å². The molecule has 1 fully saturated rings. The molecule has 3 rings (SSSR count). The Kier molecular flexibility index (Phi) is 7.38. The maximum atomic E-state index is 11.1. The van der Waals surface area contributed by atoms with E-state index in [0.29, 0.717) is 0 Å². The molecule has 0 atom stereocenters. The Hall–Kier alpha value is -2.18. The molecule has 1 aromatic heterocycles. The number of hydrogen-bond acceptors (Lipinski definition) is 4. The van der Waals surface area contributed by atoms with E-state index in [0.717, 1.165) is 50.4 Å². The average Bonchev–Trinajstić information content (AvgIpc) is 3.09. The second-order valence-corrected chi connectivity index (χ2v) is 8.42. The van der Waals surface area contributed by atoms with Gasteiger partial charge in [-0.05, 0) is 65.9 Å². The number of piperidine rings is 1. The predicted molar refractivity (Wildman–Crippen MR) is 116 cm³/mol. The van der Waals surface area contributed by atoms with Crippen molar-refractivity contribution in [3.63, 3.8) is 0 Å². The first-order valence-corrected chi connectivity index (χ1v) is 10.0. The Bertz CT molecular complexity index is 740. The van der Waals surface area contributed by atoms with Crippen LogP contribution in [0.5, 0.6) is 0 Å². The average molecular weight is 386 g/mol. The Labute approximate surface area is 169 Å². The van der Waals surface area contributed by atoms with Gasteiger partial charge in [-0.25, -0.2) is 4.68 Å². The SMILES string of the molecule is CCN.CN1CCC(c2ccccc2)(c2cc(NC=O)n(C(C)(C)C)n2)CC1. The highest BCUT2D eigenvalue weighted by molar-refractivity contribution is 5.69. The highest BCUT2D eigenvalue weighted by Crippen LogP contribution is 2.42. The number of nitrogens with two attached hydrogens (primary N) is 1. The van der Waals surface area contributed by atoms with E-state index in [1.807, 2.05) is 11.6 Å². The Balaban J connectivity index is 0.000000878. The summed E-state index contributed by atoms with van der Waals surface area (Å²) in [5.74, 6) is 0.756. The van der Waals surface area contributed by atoms with Gasteiger partial charge in [-0.2, -0.15) is 5.10 Å². The van der Waals surface area contributed by atoms with Gasteiger partial charge >= 0.3 is 0 Å². The van der Waals surface area contributed by atoms with Crippen molar-refractivity contribution in [2.24, 2.45) is 5.73 Å². The Morgan fingerprint density at radius 3 is 2.29 bits per heavy atom. The van der Waals surface area contributed by atoms with Crippen LogP contribution >= 0.6 is 0 Å². The summed E-state index contributed by atoms with van der Waals surface area (Å²) in [7, 11) is 2.17. The molecule has 1 aromatic carbocycles. The molecule has 1 aliphatic heterocycles. The topological polar surface area (TPSA) is 76.2 Å². The van der Waals surface area contributed by atoms with Crippen molar-refractivity contribution in [1.29, 1.82) is 0 Å². The second-order valence-electron chi connectivity index (χ2n) is 8.42. The molecule has 0 spiro atoms. The van der Waals surface area contributed by atoms with Gasteiger partial charge in [0.1, 0.15) is 5.82 Å². The maximum Gasteiger partial charge on any atom is 0.212 e. The van der Waals surface area contributed by atoms with Gasteiger partial charge in [-0.1, -0.05) is 37.3 Å². The summed E-state index contributed by atoms with van der Waals surface area (Å²) in [4.78, 5) is 13.4. The first-order chi connectivity index (χ1) is 13.3. The van der Waals surface area contributed by atoms with E-state index in [9.17, 15) is 4.79 Å². The Morgan fingerprint density at radius 1 is 1.21 bits per heavy atom. The van der Waals surface area contributed by atoms with Crippen LogP contribution in [0.2, 0.25) is 0 Å². The van der Waals surface area contributed by atoms with E-state index < -0.39 is 0 Å². The standard InChI is InChI=1S/C20H28N4O.C2H7N/c1-19(2,3)24-18(21-15-25)14-17(22-24)20(10-12-23(4)13-11-20)16-8-6-5-7-9-16;1-2-3/h5-9,14-15H,10-13H2,1-4H3,(H,21,25);2-3H2,1H3. The lowest BCUT2D eigenvalue weighted by molar-refractivity contribution is -0.105. The number of amides is 1. The van der Waals surface area contributed by atoms with Gasteiger partial charge in [0.15, 0.2) is 0 Å². The first kappa shape index (κ1) is 22.1. The van der Waals surface area contributed by atoms with E-state index in [4.69, 9.17) is 10.8 Å². The molecule has 154 valence electrons. The van der Waals surface area contributed by atoms with E-state index in [2.05, 4.69) is 74.4 Å². The molecule has 0 radical (unpaired) electrons. The summed E-state index contributed by atoms with van der Waals surface area (Å²) in [6, 6.07) is 12.7.